The van der Waals surface area contributed by atoms with E-state index in [4.69, 9.17) is 4.74 Å². The van der Waals surface area contributed by atoms with Crippen LogP contribution in [0.5, 0.6) is 0 Å². The van der Waals surface area contributed by atoms with Crippen LogP contribution >= 0.6 is 0 Å². The van der Waals surface area contributed by atoms with E-state index in [-0.39, 0.29) is 23.3 Å². The molecule has 3 fully saturated rings. The molecule has 2 aliphatic heterocycles. The average molecular weight is 322 g/mol. The molecule has 23 heavy (non-hydrogen) atoms. The number of likely N-dealkylation sites (tertiary alicyclic amines) is 1. The molecule has 0 unspecified atom stereocenters. The standard InChI is InChI=1S/C18H30N2O3/c1-18(2,13-5-3-4-6-13)17(22)19-15-7-10-20(16(15)21)14-8-11-23-12-9-14/h13-15H,3-12H2,1-2H3,(H,19,22)/t15-/m1/s1. The summed E-state index contributed by atoms with van der Waals surface area (Å²) in [5.41, 5.74) is -0.372. The average Bonchev–Trinajstić information content (AvgIpc) is 3.19. The molecule has 1 aliphatic carbocycles. The van der Waals surface area contributed by atoms with Gasteiger partial charge in [0.05, 0.1) is 0 Å². The molecular formula is C18H30N2O3. The van der Waals surface area contributed by atoms with Crippen LogP contribution in [0.4, 0.5) is 0 Å². The topological polar surface area (TPSA) is 58.6 Å². The zero-order chi connectivity index (χ0) is 16.4. The number of nitrogens with zero attached hydrogens (tertiary/aromatic N) is 1. The molecule has 130 valence electrons. The van der Waals surface area contributed by atoms with Crippen molar-refractivity contribution >= 4 is 11.8 Å². The lowest BCUT2D eigenvalue weighted by Crippen LogP contribution is -2.50. The predicted molar refractivity (Wildman–Crippen MR) is 87.8 cm³/mol. The van der Waals surface area contributed by atoms with Crippen LogP contribution in [0, 0.1) is 11.3 Å². The molecule has 3 rings (SSSR count). The minimum atomic E-state index is -0.372. The van der Waals surface area contributed by atoms with E-state index in [1.165, 1.54) is 12.8 Å². The fourth-order valence-electron chi connectivity index (χ4n) is 4.37. The number of amides is 2. The number of nitrogens with one attached hydrogen (secondary N) is 1. The molecule has 2 saturated heterocycles. The molecule has 5 nitrogen and oxygen atoms in total. The first-order valence-corrected chi connectivity index (χ1v) is 9.19. The summed E-state index contributed by atoms with van der Waals surface area (Å²) in [6.07, 6.45) is 7.28. The Balaban J connectivity index is 1.57. The Labute approximate surface area is 139 Å². The van der Waals surface area contributed by atoms with Gasteiger partial charge in [0.2, 0.25) is 11.8 Å². The fraction of sp³-hybridized carbons (Fsp3) is 0.889. The zero-order valence-corrected chi connectivity index (χ0v) is 14.5. The Morgan fingerprint density at radius 3 is 2.43 bits per heavy atom. The minimum absolute atomic E-state index is 0.0524. The molecule has 0 bridgehead atoms. The zero-order valence-electron chi connectivity index (χ0n) is 14.5. The van der Waals surface area contributed by atoms with Crippen LogP contribution in [-0.2, 0) is 14.3 Å². The lowest BCUT2D eigenvalue weighted by molar-refractivity contribution is -0.139. The molecule has 3 aliphatic rings. The lowest BCUT2D eigenvalue weighted by atomic mass is 9.77. The number of carbonyl (C=O) groups is 2. The molecule has 1 N–H and O–H groups in total. The Kier molecular flexibility index (Phi) is 4.95. The second-order valence-electron chi connectivity index (χ2n) is 7.89. The maximum absolute atomic E-state index is 12.7. The predicted octanol–water partition coefficient (Wildman–Crippen LogP) is 2.10. The van der Waals surface area contributed by atoms with Gasteiger partial charge in [-0.05, 0) is 38.0 Å². The van der Waals surface area contributed by atoms with Gasteiger partial charge in [-0.1, -0.05) is 26.7 Å². The maximum atomic E-state index is 12.7. The first-order valence-electron chi connectivity index (χ1n) is 9.19. The van der Waals surface area contributed by atoms with E-state index in [0.29, 0.717) is 12.0 Å². The molecule has 2 amide bonds. The van der Waals surface area contributed by atoms with E-state index in [1.54, 1.807) is 0 Å². The highest BCUT2D eigenvalue weighted by Gasteiger charge is 2.42. The van der Waals surface area contributed by atoms with Gasteiger partial charge in [-0.3, -0.25) is 9.59 Å². The summed E-state index contributed by atoms with van der Waals surface area (Å²) in [6.45, 7) is 6.31. The number of rotatable bonds is 4. The van der Waals surface area contributed by atoms with Crippen LogP contribution in [0.2, 0.25) is 0 Å². The number of hydrogen-bond donors (Lipinski definition) is 1. The van der Waals surface area contributed by atoms with Crippen molar-refractivity contribution in [2.75, 3.05) is 19.8 Å². The summed E-state index contributed by atoms with van der Waals surface area (Å²) < 4.78 is 5.38. The van der Waals surface area contributed by atoms with Gasteiger partial charge in [0.15, 0.2) is 0 Å². The van der Waals surface area contributed by atoms with E-state index >= 15 is 0 Å². The normalized spacial score (nSPS) is 27.7. The van der Waals surface area contributed by atoms with Gasteiger partial charge >= 0.3 is 0 Å². The van der Waals surface area contributed by atoms with Crippen LogP contribution in [0.15, 0.2) is 0 Å². The maximum Gasteiger partial charge on any atom is 0.245 e. The molecule has 0 aromatic heterocycles. The Morgan fingerprint density at radius 2 is 1.78 bits per heavy atom. The third-order valence-corrected chi connectivity index (χ3v) is 6.14. The van der Waals surface area contributed by atoms with Crippen molar-refractivity contribution in [3.63, 3.8) is 0 Å². The van der Waals surface area contributed by atoms with Crippen molar-refractivity contribution in [3.05, 3.63) is 0 Å². The van der Waals surface area contributed by atoms with E-state index < -0.39 is 0 Å². The highest BCUT2D eigenvalue weighted by Crippen LogP contribution is 2.40. The Morgan fingerprint density at radius 1 is 1.13 bits per heavy atom. The summed E-state index contributed by atoms with van der Waals surface area (Å²) in [7, 11) is 0. The van der Waals surface area contributed by atoms with Gasteiger partial charge < -0.3 is 15.0 Å². The molecule has 2 heterocycles. The number of ether oxygens (including phenoxy) is 1. The molecule has 1 saturated carbocycles. The van der Waals surface area contributed by atoms with Gasteiger partial charge in [-0.25, -0.2) is 0 Å². The van der Waals surface area contributed by atoms with E-state index in [0.717, 1.165) is 51.9 Å². The van der Waals surface area contributed by atoms with E-state index in [9.17, 15) is 9.59 Å². The summed E-state index contributed by atoms with van der Waals surface area (Å²) in [5, 5.41) is 3.05. The smallest absolute Gasteiger partial charge is 0.245 e. The monoisotopic (exact) mass is 322 g/mol. The van der Waals surface area contributed by atoms with Crippen molar-refractivity contribution < 1.29 is 14.3 Å². The Hall–Kier alpha value is -1.10. The van der Waals surface area contributed by atoms with Crippen molar-refractivity contribution in [1.29, 1.82) is 0 Å². The Bertz CT molecular complexity index is 451. The summed E-state index contributed by atoms with van der Waals surface area (Å²) in [4.78, 5) is 27.4. The molecule has 0 aromatic carbocycles. The van der Waals surface area contributed by atoms with Crippen LogP contribution in [0.1, 0.15) is 58.8 Å². The molecule has 0 radical (unpaired) electrons. The first-order chi connectivity index (χ1) is 11.0. The highest BCUT2D eigenvalue weighted by atomic mass is 16.5. The third-order valence-electron chi connectivity index (χ3n) is 6.14. The van der Waals surface area contributed by atoms with E-state index in [2.05, 4.69) is 5.32 Å². The van der Waals surface area contributed by atoms with Crippen molar-refractivity contribution in [1.82, 2.24) is 10.2 Å². The lowest BCUT2D eigenvalue weighted by Gasteiger charge is -2.32. The molecule has 1 atom stereocenters. The minimum Gasteiger partial charge on any atom is -0.381 e. The van der Waals surface area contributed by atoms with Gasteiger partial charge in [-0.2, -0.15) is 0 Å². The van der Waals surface area contributed by atoms with E-state index in [1.807, 2.05) is 18.7 Å². The largest absolute Gasteiger partial charge is 0.381 e. The van der Waals surface area contributed by atoms with Gasteiger partial charge in [0.1, 0.15) is 6.04 Å². The molecule has 5 heteroatoms. The quantitative estimate of drug-likeness (QED) is 0.862. The fourth-order valence-corrected chi connectivity index (χ4v) is 4.37. The number of hydrogen-bond acceptors (Lipinski definition) is 3. The van der Waals surface area contributed by atoms with Gasteiger partial charge in [-0.15, -0.1) is 0 Å². The first kappa shape index (κ1) is 16.7. The van der Waals surface area contributed by atoms with Gasteiger partial charge in [0, 0.05) is 31.2 Å². The van der Waals surface area contributed by atoms with Gasteiger partial charge in [0.25, 0.3) is 0 Å². The SMILES string of the molecule is CC(C)(C(=O)N[C@@H]1CCN(C2CCOCC2)C1=O)C1CCCC1. The van der Waals surface area contributed by atoms with Crippen LogP contribution in [0.3, 0.4) is 0 Å². The van der Waals surface area contributed by atoms with Crippen LogP contribution < -0.4 is 5.32 Å². The van der Waals surface area contributed by atoms with Crippen molar-refractivity contribution in [2.24, 2.45) is 11.3 Å². The van der Waals surface area contributed by atoms with Crippen molar-refractivity contribution in [3.8, 4) is 0 Å². The molecular weight excluding hydrogens is 292 g/mol. The summed E-state index contributed by atoms with van der Waals surface area (Å²) >= 11 is 0. The summed E-state index contributed by atoms with van der Waals surface area (Å²) in [6, 6.07) is -0.0352. The summed E-state index contributed by atoms with van der Waals surface area (Å²) in [5.74, 6) is 0.606. The molecule has 0 aromatic rings. The molecule has 0 spiro atoms. The highest BCUT2D eigenvalue weighted by molar-refractivity contribution is 5.91. The second kappa shape index (κ2) is 6.80. The second-order valence-corrected chi connectivity index (χ2v) is 7.89. The number of carbonyl (C=O) groups excluding carboxylic acids is 2. The van der Waals surface area contributed by atoms with Crippen LogP contribution in [0.25, 0.3) is 0 Å². The third kappa shape index (κ3) is 3.39. The van der Waals surface area contributed by atoms with Crippen LogP contribution in [-0.4, -0.2) is 48.6 Å². The van der Waals surface area contributed by atoms with Crippen molar-refractivity contribution in [2.45, 2.75) is 70.9 Å².